The minimum absolute atomic E-state index is 0.132. The summed E-state index contributed by atoms with van der Waals surface area (Å²) in [7, 11) is 2.16. The van der Waals surface area contributed by atoms with Gasteiger partial charge in [0.05, 0.1) is 19.8 Å². The van der Waals surface area contributed by atoms with Crippen molar-refractivity contribution in [3.05, 3.63) is 54.9 Å². The number of thioether (sulfide) groups is 1. The summed E-state index contributed by atoms with van der Waals surface area (Å²) < 4.78 is 10.5. The first kappa shape index (κ1) is 25.2. The Morgan fingerprint density at radius 1 is 1.00 bits per heavy atom. The van der Waals surface area contributed by atoms with E-state index in [1.165, 1.54) is 51.8 Å². The fourth-order valence-corrected chi connectivity index (χ4v) is 8.13. The van der Waals surface area contributed by atoms with E-state index < -0.39 is 0 Å². The van der Waals surface area contributed by atoms with Gasteiger partial charge in [0, 0.05) is 27.8 Å². The highest BCUT2D eigenvalue weighted by Crippen LogP contribution is 2.51. The van der Waals surface area contributed by atoms with E-state index in [0.29, 0.717) is 12.2 Å². The number of benzene rings is 1. The van der Waals surface area contributed by atoms with Crippen LogP contribution in [-0.4, -0.2) is 7.05 Å². The predicted molar refractivity (Wildman–Crippen MR) is 148 cm³/mol. The van der Waals surface area contributed by atoms with E-state index >= 15 is 0 Å². The first-order valence-corrected chi connectivity index (χ1v) is 13.9. The Bertz CT molecular complexity index is 1520. The maximum absolute atomic E-state index is 9.12. The van der Waals surface area contributed by atoms with Crippen molar-refractivity contribution in [1.29, 1.82) is 10.5 Å². The lowest BCUT2D eigenvalue weighted by Gasteiger charge is -2.19. The highest BCUT2D eigenvalue weighted by Gasteiger charge is 2.29. The molecule has 0 saturated heterocycles. The molecule has 35 heavy (non-hydrogen) atoms. The van der Waals surface area contributed by atoms with Gasteiger partial charge in [0.2, 0.25) is 5.88 Å². The zero-order valence-electron chi connectivity index (χ0n) is 20.8. The number of ether oxygens (including phenoxy) is 1. The number of hydrogen-bond donors (Lipinski definition) is 1. The van der Waals surface area contributed by atoms with Crippen LogP contribution in [0.4, 0.5) is 5.69 Å². The number of thiophene rings is 2. The molecule has 2 N–H and O–H groups in total. The molecule has 0 amide bonds. The molecular formula is C27H28N4OS3. The van der Waals surface area contributed by atoms with Crippen LogP contribution in [0, 0.1) is 50.4 Å². The van der Waals surface area contributed by atoms with E-state index in [2.05, 4.69) is 58.7 Å². The smallest absolute Gasteiger partial charge is 0.219 e. The van der Waals surface area contributed by atoms with Gasteiger partial charge in [0.15, 0.2) is 5.57 Å². The molecule has 180 valence electrons. The Kier molecular flexibility index (Phi) is 7.19. The fourth-order valence-electron chi connectivity index (χ4n) is 4.23. The SMILES string of the molecule is CCCC/C(OC(N)=C(C#N)C#N)=c1/cc2s/c(=C3/Sc4c(C)c(C)c(C)c(C)c4N3C)cc2s1. The molecule has 0 atom stereocenters. The zero-order chi connectivity index (χ0) is 25.4. The van der Waals surface area contributed by atoms with Gasteiger partial charge < -0.3 is 15.4 Å². The van der Waals surface area contributed by atoms with Crippen LogP contribution >= 0.6 is 34.4 Å². The Hall–Kier alpha value is -2.91. The second-order valence-electron chi connectivity index (χ2n) is 8.69. The molecule has 1 aliphatic rings. The lowest BCUT2D eigenvalue weighted by molar-refractivity contribution is 0.352. The molecule has 0 spiro atoms. The molecule has 0 unspecified atom stereocenters. The Morgan fingerprint density at radius 2 is 1.66 bits per heavy atom. The monoisotopic (exact) mass is 520 g/mol. The second-order valence-corrected chi connectivity index (χ2v) is 11.9. The molecule has 1 aliphatic heterocycles. The Labute approximate surface area is 218 Å². The van der Waals surface area contributed by atoms with Gasteiger partial charge in [-0.2, -0.15) is 10.5 Å². The highest BCUT2D eigenvalue weighted by atomic mass is 32.2. The van der Waals surface area contributed by atoms with Crippen molar-refractivity contribution in [2.24, 2.45) is 5.73 Å². The third kappa shape index (κ3) is 4.43. The summed E-state index contributed by atoms with van der Waals surface area (Å²) in [6.45, 7) is 11.0. The van der Waals surface area contributed by atoms with Crippen molar-refractivity contribution in [2.75, 3.05) is 11.9 Å². The molecule has 2 aromatic heterocycles. The maximum atomic E-state index is 9.12. The number of fused-ring (bicyclic) bond motifs is 2. The van der Waals surface area contributed by atoms with Crippen molar-refractivity contribution >= 4 is 60.3 Å². The molecule has 0 bridgehead atoms. The number of anilines is 1. The van der Waals surface area contributed by atoms with Gasteiger partial charge in [-0.3, -0.25) is 0 Å². The van der Waals surface area contributed by atoms with Crippen LogP contribution in [0.1, 0.15) is 48.4 Å². The lowest BCUT2D eigenvalue weighted by Crippen LogP contribution is -2.16. The van der Waals surface area contributed by atoms with E-state index in [0.717, 1.165) is 17.4 Å². The van der Waals surface area contributed by atoms with Gasteiger partial charge in [0.25, 0.3) is 0 Å². The van der Waals surface area contributed by atoms with Gasteiger partial charge in [0.1, 0.15) is 17.9 Å². The average Bonchev–Trinajstić information content (AvgIpc) is 3.51. The molecule has 0 saturated carbocycles. The third-order valence-electron chi connectivity index (χ3n) is 6.59. The van der Waals surface area contributed by atoms with Crippen LogP contribution < -0.4 is 19.7 Å². The normalized spacial score (nSPS) is 15.0. The maximum Gasteiger partial charge on any atom is 0.219 e. The zero-order valence-corrected chi connectivity index (χ0v) is 23.3. The van der Waals surface area contributed by atoms with Gasteiger partial charge in [-0.25, -0.2) is 0 Å². The Morgan fingerprint density at radius 3 is 2.29 bits per heavy atom. The molecule has 0 aliphatic carbocycles. The van der Waals surface area contributed by atoms with Crippen LogP contribution in [0.5, 0.6) is 0 Å². The molecule has 0 fully saturated rings. The van der Waals surface area contributed by atoms with Crippen molar-refractivity contribution in [2.45, 2.75) is 58.8 Å². The number of unbranched alkanes of at least 4 members (excludes halogenated alkanes) is 1. The molecular weight excluding hydrogens is 493 g/mol. The largest absolute Gasteiger partial charge is 0.442 e. The Balaban J connectivity index is 1.81. The summed E-state index contributed by atoms with van der Waals surface area (Å²) in [5.74, 6) is 0.582. The number of allylic oxidation sites excluding steroid dienone is 1. The van der Waals surface area contributed by atoms with E-state index in [4.69, 9.17) is 21.0 Å². The van der Waals surface area contributed by atoms with Gasteiger partial charge in [-0.1, -0.05) is 25.1 Å². The summed E-state index contributed by atoms with van der Waals surface area (Å²) in [6.07, 6.45) is 2.64. The minimum atomic E-state index is -0.201. The topological polar surface area (TPSA) is 86.1 Å². The van der Waals surface area contributed by atoms with Crippen LogP contribution in [-0.2, 0) is 4.74 Å². The number of nitrogens with two attached hydrogens (primary N) is 1. The number of nitrogens with zero attached hydrogens (tertiary/aromatic N) is 3. The van der Waals surface area contributed by atoms with E-state index in [9.17, 15) is 0 Å². The average molecular weight is 521 g/mol. The molecule has 3 aromatic rings. The first-order chi connectivity index (χ1) is 16.7. The van der Waals surface area contributed by atoms with E-state index in [-0.39, 0.29) is 11.5 Å². The molecule has 3 heterocycles. The predicted octanol–water partition coefficient (Wildman–Crippen LogP) is 6.04. The molecule has 1 aromatic carbocycles. The van der Waals surface area contributed by atoms with E-state index in [1.807, 2.05) is 11.8 Å². The summed E-state index contributed by atoms with van der Waals surface area (Å²) in [4.78, 5) is 3.70. The van der Waals surface area contributed by atoms with Crippen LogP contribution in [0.2, 0.25) is 0 Å². The summed E-state index contributed by atoms with van der Waals surface area (Å²) in [6, 6.07) is 8.01. The highest BCUT2D eigenvalue weighted by molar-refractivity contribution is 8.08. The van der Waals surface area contributed by atoms with Crippen molar-refractivity contribution in [3.8, 4) is 12.1 Å². The van der Waals surface area contributed by atoms with Gasteiger partial charge in [-0.05, 0) is 68.5 Å². The van der Waals surface area contributed by atoms with Crippen molar-refractivity contribution in [1.82, 2.24) is 0 Å². The van der Waals surface area contributed by atoms with Crippen molar-refractivity contribution < 1.29 is 4.74 Å². The molecule has 4 rings (SSSR count). The van der Waals surface area contributed by atoms with Crippen LogP contribution in [0.15, 0.2) is 28.5 Å². The molecule has 5 nitrogen and oxygen atoms in total. The quantitative estimate of drug-likeness (QED) is 0.326. The molecule has 0 radical (unpaired) electrons. The second kappa shape index (κ2) is 9.99. The van der Waals surface area contributed by atoms with E-state index in [1.54, 1.807) is 34.8 Å². The van der Waals surface area contributed by atoms with Gasteiger partial charge in [-0.15, -0.1) is 22.7 Å². The van der Waals surface area contributed by atoms with Gasteiger partial charge >= 0.3 is 0 Å². The summed E-state index contributed by atoms with van der Waals surface area (Å²) >= 11 is 5.31. The number of nitriles is 2. The third-order valence-corrected chi connectivity index (χ3v) is 10.5. The fraction of sp³-hybridized carbons (Fsp3) is 0.333. The van der Waals surface area contributed by atoms with Crippen molar-refractivity contribution in [3.63, 3.8) is 0 Å². The summed E-state index contributed by atoms with van der Waals surface area (Å²) in [5, 5.41) is 19.5. The number of rotatable bonds is 5. The lowest BCUT2D eigenvalue weighted by atomic mass is 9.97. The molecule has 8 heteroatoms. The number of hydrogen-bond acceptors (Lipinski definition) is 8. The van der Waals surface area contributed by atoms with Crippen LogP contribution in [0.3, 0.4) is 0 Å². The summed E-state index contributed by atoms with van der Waals surface area (Å²) in [5.41, 5.74) is 12.5. The first-order valence-electron chi connectivity index (χ1n) is 11.5. The minimum Gasteiger partial charge on any atom is -0.442 e. The van der Waals surface area contributed by atoms with Crippen LogP contribution in [0.25, 0.3) is 20.2 Å². The standard InChI is InChI=1S/C27H28N4OS3/c1-7-8-9-19(32-26(30)18(12-28)13-29)20-10-21-22(33-20)11-23(34-21)27-31(6)24-16(4)14(2)15(3)17(5)25(24)35-27/h10-11H,7-9,30H2,1-6H3/b20-19+,27-23+.